The lowest BCUT2D eigenvalue weighted by atomic mass is 10.0. The molecule has 2 aromatic carbocycles. The molecule has 32 heavy (non-hydrogen) atoms. The topological polar surface area (TPSA) is 49.4 Å². The Morgan fingerprint density at radius 1 is 0.875 bits per heavy atom. The van der Waals surface area contributed by atoms with Gasteiger partial charge in [-0.15, -0.1) is 0 Å². The van der Waals surface area contributed by atoms with Crippen LogP contribution in [-0.2, 0) is 22.8 Å². The molecule has 0 saturated heterocycles. The second-order valence-electron chi connectivity index (χ2n) is 9.46. The van der Waals surface area contributed by atoms with Crippen LogP contribution in [0, 0.1) is 0 Å². The molecule has 0 amide bonds. The molecule has 0 atom stereocenters. The second-order valence-corrected chi connectivity index (χ2v) is 16.2. The molecule has 2 heterocycles. The highest BCUT2D eigenvalue weighted by atomic mass is 32.2. The van der Waals surface area contributed by atoms with Gasteiger partial charge < -0.3 is 19.8 Å². The summed E-state index contributed by atoms with van der Waals surface area (Å²) < 4.78 is 14.6. The second kappa shape index (κ2) is 10.4. The Morgan fingerprint density at radius 2 is 1.56 bits per heavy atom. The first-order valence-corrected chi connectivity index (χ1v) is 15.9. The van der Waals surface area contributed by atoms with Crippen LogP contribution in [0.3, 0.4) is 0 Å². The summed E-state index contributed by atoms with van der Waals surface area (Å²) >= 11 is 1.84. The molecule has 0 fully saturated rings. The first-order valence-electron chi connectivity index (χ1n) is 11.4. The fraction of sp³-hybridized carbons (Fsp3) is 0.385. The SMILES string of the molecule is C[Si](C)(C)CCOCn1c(COCCCN)cc2c1-c1ccccc1Sc1ccccc1-2. The highest BCUT2D eigenvalue weighted by molar-refractivity contribution is 7.99. The monoisotopic (exact) mass is 466 g/mol. The van der Waals surface area contributed by atoms with Gasteiger partial charge in [0.1, 0.15) is 6.73 Å². The maximum Gasteiger partial charge on any atom is 0.123 e. The molecule has 0 radical (unpaired) electrons. The summed E-state index contributed by atoms with van der Waals surface area (Å²) in [7, 11) is -1.14. The van der Waals surface area contributed by atoms with Crippen molar-refractivity contribution in [3.8, 4) is 22.4 Å². The van der Waals surface area contributed by atoms with Gasteiger partial charge in [-0.2, -0.15) is 0 Å². The molecule has 1 aliphatic rings. The van der Waals surface area contributed by atoms with E-state index in [1.807, 2.05) is 11.8 Å². The predicted octanol–water partition coefficient (Wildman–Crippen LogP) is 6.46. The van der Waals surface area contributed by atoms with E-state index in [1.165, 1.54) is 32.2 Å². The molecule has 170 valence electrons. The molecule has 0 aliphatic carbocycles. The molecule has 2 N–H and O–H groups in total. The quantitative estimate of drug-likeness (QED) is 0.215. The van der Waals surface area contributed by atoms with Gasteiger partial charge in [-0.05, 0) is 42.8 Å². The van der Waals surface area contributed by atoms with Crippen molar-refractivity contribution < 1.29 is 9.47 Å². The van der Waals surface area contributed by atoms with Crippen LogP contribution in [0.2, 0.25) is 25.7 Å². The standard InChI is InChI=1S/C26H34N2O2SSi/c1-32(2,3)16-15-30-19-28-20(18-29-14-8-13-27)17-23-21-9-4-6-11-24(21)31-25-12-7-5-10-22(25)26(23)28/h4-7,9-12,17H,8,13-16,18-19,27H2,1-3H3. The first kappa shape index (κ1) is 23.3. The van der Waals surface area contributed by atoms with Crippen molar-refractivity contribution in [2.45, 2.75) is 55.2 Å². The van der Waals surface area contributed by atoms with E-state index >= 15 is 0 Å². The van der Waals surface area contributed by atoms with Crippen molar-refractivity contribution in [3.63, 3.8) is 0 Å². The number of rotatable bonds is 10. The van der Waals surface area contributed by atoms with Gasteiger partial charge in [-0.1, -0.05) is 67.8 Å². The van der Waals surface area contributed by atoms with Crippen LogP contribution in [0.25, 0.3) is 22.4 Å². The Kier molecular flexibility index (Phi) is 7.58. The minimum atomic E-state index is -1.14. The van der Waals surface area contributed by atoms with Gasteiger partial charge in [0, 0.05) is 47.9 Å². The number of hydrogen-bond donors (Lipinski definition) is 1. The summed E-state index contributed by atoms with van der Waals surface area (Å²) in [5, 5.41) is 0. The summed E-state index contributed by atoms with van der Waals surface area (Å²) in [5.74, 6) is 0. The van der Waals surface area contributed by atoms with Crippen LogP contribution in [0.15, 0.2) is 64.4 Å². The van der Waals surface area contributed by atoms with E-state index in [0.717, 1.165) is 24.8 Å². The molecule has 1 aromatic heterocycles. The van der Waals surface area contributed by atoms with Crippen LogP contribution >= 0.6 is 11.8 Å². The van der Waals surface area contributed by atoms with Crippen LogP contribution in [-0.4, -0.2) is 32.4 Å². The van der Waals surface area contributed by atoms with Gasteiger partial charge in [0.05, 0.1) is 12.3 Å². The Morgan fingerprint density at radius 3 is 2.28 bits per heavy atom. The third kappa shape index (κ3) is 5.38. The summed E-state index contributed by atoms with van der Waals surface area (Å²) in [4.78, 5) is 2.56. The van der Waals surface area contributed by atoms with E-state index in [4.69, 9.17) is 15.2 Å². The molecule has 0 spiro atoms. The predicted molar refractivity (Wildman–Crippen MR) is 137 cm³/mol. The van der Waals surface area contributed by atoms with Gasteiger partial charge in [0.2, 0.25) is 0 Å². The number of hydrogen-bond acceptors (Lipinski definition) is 4. The van der Waals surface area contributed by atoms with E-state index in [-0.39, 0.29) is 0 Å². The lowest BCUT2D eigenvalue weighted by molar-refractivity contribution is 0.0738. The third-order valence-electron chi connectivity index (χ3n) is 5.68. The number of benzene rings is 2. The van der Waals surface area contributed by atoms with E-state index in [0.29, 0.717) is 26.5 Å². The molecule has 1 aliphatic heterocycles. The number of ether oxygens (including phenoxy) is 2. The summed E-state index contributed by atoms with van der Waals surface area (Å²) in [6, 6.07) is 20.8. The highest BCUT2D eigenvalue weighted by Crippen LogP contribution is 2.48. The van der Waals surface area contributed by atoms with E-state index in [1.54, 1.807) is 0 Å². The Bertz CT molecular complexity index is 1060. The molecule has 0 saturated carbocycles. The van der Waals surface area contributed by atoms with Crippen molar-refractivity contribution in [1.82, 2.24) is 4.57 Å². The molecular formula is C26H34N2O2SSi. The first-order chi connectivity index (χ1) is 15.5. The van der Waals surface area contributed by atoms with E-state index in [9.17, 15) is 0 Å². The van der Waals surface area contributed by atoms with E-state index in [2.05, 4.69) is 78.8 Å². The van der Waals surface area contributed by atoms with Gasteiger partial charge in [-0.3, -0.25) is 0 Å². The lowest BCUT2D eigenvalue weighted by Gasteiger charge is -2.18. The number of fused-ring (bicyclic) bond motifs is 5. The maximum atomic E-state index is 6.25. The zero-order chi connectivity index (χ0) is 22.6. The normalized spacial score (nSPS) is 12.8. The number of aromatic nitrogens is 1. The average Bonchev–Trinajstić information content (AvgIpc) is 3.05. The molecule has 0 unspecified atom stereocenters. The van der Waals surface area contributed by atoms with Gasteiger partial charge in [-0.25, -0.2) is 0 Å². The molecule has 3 aromatic rings. The van der Waals surface area contributed by atoms with Crippen molar-refractivity contribution in [2.24, 2.45) is 5.73 Å². The van der Waals surface area contributed by atoms with E-state index < -0.39 is 8.07 Å². The molecule has 6 heteroatoms. The molecular weight excluding hydrogens is 432 g/mol. The Balaban J connectivity index is 1.75. The highest BCUT2D eigenvalue weighted by Gasteiger charge is 2.25. The number of nitrogens with zero attached hydrogens (tertiary/aromatic N) is 1. The molecule has 4 nitrogen and oxygen atoms in total. The lowest BCUT2D eigenvalue weighted by Crippen LogP contribution is -2.22. The van der Waals surface area contributed by atoms with Crippen molar-refractivity contribution in [1.29, 1.82) is 0 Å². The Hall–Kier alpha value is -1.83. The molecule has 4 rings (SSSR count). The summed E-state index contributed by atoms with van der Waals surface area (Å²) in [6.07, 6.45) is 0.870. The van der Waals surface area contributed by atoms with Crippen LogP contribution in [0.5, 0.6) is 0 Å². The zero-order valence-electron chi connectivity index (χ0n) is 19.4. The summed E-state index contributed by atoms with van der Waals surface area (Å²) in [6.45, 7) is 10.4. The van der Waals surface area contributed by atoms with Crippen molar-refractivity contribution in [2.75, 3.05) is 19.8 Å². The van der Waals surface area contributed by atoms with Crippen molar-refractivity contribution >= 4 is 19.8 Å². The minimum Gasteiger partial charge on any atom is -0.375 e. The Labute approximate surface area is 197 Å². The van der Waals surface area contributed by atoms with Crippen LogP contribution < -0.4 is 5.73 Å². The minimum absolute atomic E-state index is 0.538. The average molecular weight is 467 g/mol. The third-order valence-corrected chi connectivity index (χ3v) is 8.54. The molecule has 0 bridgehead atoms. The fourth-order valence-corrected chi connectivity index (χ4v) is 5.76. The van der Waals surface area contributed by atoms with Gasteiger partial charge >= 0.3 is 0 Å². The van der Waals surface area contributed by atoms with Crippen molar-refractivity contribution in [3.05, 3.63) is 60.3 Å². The summed E-state index contributed by atoms with van der Waals surface area (Å²) in [5.41, 5.74) is 11.8. The van der Waals surface area contributed by atoms with Crippen LogP contribution in [0.1, 0.15) is 12.1 Å². The van der Waals surface area contributed by atoms with Gasteiger partial charge in [0.15, 0.2) is 0 Å². The van der Waals surface area contributed by atoms with Crippen LogP contribution in [0.4, 0.5) is 0 Å². The fourth-order valence-electron chi connectivity index (χ4n) is 3.91. The maximum absolute atomic E-state index is 6.25. The van der Waals surface area contributed by atoms with Gasteiger partial charge in [0.25, 0.3) is 0 Å². The smallest absolute Gasteiger partial charge is 0.123 e. The zero-order valence-corrected chi connectivity index (χ0v) is 21.2. The largest absolute Gasteiger partial charge is 0.375 e. The number of nitrogens with two attached hydrogens (primary N) is 1.